The Labute approximate surface area is 126 Å². The third kappa shape index (κ3) is 2.94. The van der Waals surface area contributed by atoms with Gasteiger partial charge in [-0.25, -0.2) is 0 Å². The standard InChI is InChI=1S/C14H17.2CH3.Zr/c1-8-6-13-11(4)9(2)10(3)12(5)14(13)7-8;;;/h6-7H,1-5H3;2*1H3;/q3*-1;+3. The second-order valence-corrected chi connectivity index (χ2v) is 4.36. The maximum absolute atomic E-state index is 2.30. The van der Waals surface area contributed by atoms with Gasteiger partial charge in [0.1, 0.15) is 0 Å². The van der Waals surface area contributed by atoms with Crippen LogP contribution in [0.25, 0.3) is 10.8 Å². The van der Waals surface area contributed by atoms with E-state index in [2.05, 4.69) is 46.8 Å². The van der Waals surface area contributed by atoms with Crippen LogP contribution in [-0.2, 0) is 26.2 Å². The van der Waals surface area contributed by atoms with Crippen LogP contribution >= 0.6 is 0 Å². The van der Waals surface area contributed by atoms with Crippen LogP contribution < -0.4 is 0 Å². The number of hydrogen-bond donors (Lipinski definition) is 0. The SMILES string of the molecule is Cc1cc2c(C)c(C)c(C)c(C)c2[cH-]1.[CH3-].[CH3-].[Zr+3]. The molecule has 0 atom stereocenters. The normalized spacial score (nSPS) is 9.24. The van der Waals surface area contributed by atoms with Crippen molar-refractivity contribution in [3.05, 3.63) is 54.8 Å². The van der Waals surface area contributed by atoms with E-state index in [9.17, 15) is 0 Å². The minimum atomic E-state index is 0. The molecular formula is C16H23Zr. The summed E-state index contributed by atoms with van der Waals surface area (Å²) in [7, 11) is 0. The molecule has 0 fully saturated rings. The smallest absolute Gasteiger partial charge is 0.358 e. The molecular weight excluding hydrogens is 283 g/mol. The average molecular weight is 307 g/mol. The molecule has 0 aliphatic carbocycles. The van der Waals surface area contributed by atoms with Gasteiger partial charge in [-0.3, -0.25) is 0 Å². The van der Waals surface area contributed by atoms with Crippen molar-refractivity contribution < 1.29 is 26.2 Å². The van der Waals surface area contributed by atoms with Crippen molar-refractivity contribution in [2.45, 2.75) is 34.6 Å². The van der Waals surface area contributed by atoms with Crippen molar-refractivity contribution in [2.24, 2.45) is 0 Å². The minimum Gasteiger partial charge on any atom is -0.358 e. The van der Waals surface area contributed by atoms with Gasteiger partial charge >= 0.3 is 26.2 Å². The molecule has 2 aromatic rings. The maximum Gasteiger partial charge on any atom is 3.00 e. The van der Waals surface area contributed by atoms with Crippen LogP contribution in [0.5, 0.6) is 0 Å². The first-order chi connectivity index (χ1) is 6.52. The summed E-state index contributed by atoms with van der Waals surface area (Å²) in [6.45, 7) is 11.1. The van der Waals surface area contributed by atoms with Crippen molar-refractivity contribution >= 4 is 10.8 Å². The molecule has 0 aliphatic heterocycles. The molecule has 0 N–H and O–H groups in total. The van der Waals surface area contributed by atoms with Crippen LogP contribution in [0, 0.1) is 49.5 Å². The quantitative estimate of drug-likeness (QED) is 0.601. The summed E-state index contributed by atoms with van der Waals surface area (Å²) in [6.07, 6.45) is 0. The molecule has 0 heterocycles. The molecule has 0 saturated heterocycles. The van der Waals surface area contributed by atoms with Crippen LogP contribution in [-0.4, -0.2) is 0 Å². The van der Waals surface area contributed by atoms with Crippen LogP contribution in [0.2, 0.25) is 0 Å². The number of benzene rings is 1. The predicted octanol–water partition coefficient (Wildman–Crippen LogP) is 5.00. The summed E-state index contributed by atoms with van der Waals surface area (Å²) < 4.78 is 0. The van der Waals surface area contributed by atoms with Crippen molar-refractivity contribution in [1.29, 1.82) is 0 Å². The summed E-state index contributed by atoms with van der Waals surface area (Å²) in [5.74, 6) is 0. The molecule has 2 aromatic carbocycles. The van der Waals surface area contributed by atoms with E-state index in [0.29, 0.717) is 0 Å². The summed E-state index contributed by atoms with van der Waals surface area (Å²) in [4.78, 5) is 0. The van der Waals surface area contributed by atoms with E-state index < -0.39 is 0 Å². The summed E-state index contributed by atoms with van der Waals surface area (Å²) in [6, 6.07) is 4.59. The molecule has 2 rings (SSSR count). The van der Waals surface area contributed by atoms with Gasteiger partial charge in [0.25, 0.3) is 0 Å². The van der Waals surface area contributed by atoms with E-state index in [1.807, 2.05) is 0 Å². The number of hydrogen-bond acceptors (Lipinski definition) is 0. The predicted molar refractivity (Wildman–Crippen MR) is 76.1 cm³/mol. The summed E-state index contributed by atoms with van der Waals surface area (Å²) >= 11 is 0. The molecule has 0 aliphatic rings. The number of fused-ring (bicyclic) bond motifs is 1. The largest absolute Gasteiger partial charge is 3.00 e. The van der Waals surface area contributed by atoms with Gasteiger partial charge in [0.05, 0.1) is 0 Å². The molecule has 17 heavy (non-hydrogen) atoms. The van der Waals surface area contributed by atoms with Gasteiger partial charge in [0, 0.05) is 0 Å². The third-order valence-electron chi connectivity index (χ3n) is 3.53. The Morgan fingerprint density at radius 3 is 1.76 bits per heavy atom. The minimum absolute atomic E-state index is 0. The van der Waals surface area contributed by atoms with Gasteiger partial charge in [-0.15, -0.1) is 28.0 Å². The van der Waals surface area contributed by atoms with Crippen molar-refractivity contribution in [1.82, 2.24) is 0 Å². The van der Waals surface area contributed by atoms with Gasteiger partial charge in [0.2, 0.25) is 0 Å². The number of rotatable bonds is 0. The Morgan fingerprint density at radius 1 is 0.765 bits per heavy atom. The van der Waals surface area contributed by atoms with Crippen LogP contribution in [0.15, 0.2) is 12.1 Å². The fourth-order valence-corrected chi connectivity index (χ4v) is 2.24. The molecule has 0 amide bonds. The van der Waals surface area contributed by atoms with Gasteiger partial charge in [-0.1, -0.05) is 30.5 Å². The molecule has 1 heteroatoms. The third-order valence-corrected chi connectivity index (χ3v) is 3.53. The van der Waals surface area contributed by atoms with Crippen LogP contribution in [0.4, 0.5) is 0 Å². The van der Waals surface area contributed by atoms with Crippen molar-refractivity contribution in [3.8, 4) is 0 Å². The van der Waals surface area contributed by atoms with E-state index >= 15 is 0 Å². The maximum atomic E-state index is 2.30. The molecule has 91 valence electrons. The first kappa shape index (κ1) is 19.1. The van der Waals surface area contributed by atoms with Crippen LogP contribution in [0.3, 0.4) is 0 Å². The summed E-state index contributed by atoms with van der Waals surface area (Å²) in [5, 5.41) is 2.87. The molecule has 0 unspecified atom stereocenters. The molecule has 0 aromatic heterocycles. The van der Waals surface area contributed by atoms with E-state index in [0.717, 1.165) is 0 Å². The number of aryl methyl sites for hydroxylation is 3. The zero-order valence-corrected chi connectivity index (χ0v) is 14.6. The molecule has 0 spiro atoms. The Bertz CT molecular complexity index is 459. The van der Waals surface area contributed by atoms with Gasteiger partial charge in [-0.2, -0.15) is 6.07 Å². The van der Waals surface area contributed by atoms with Gasteiger partial charge in [0.15, 0.2) is 0 Å². The fraction of sp³-hybridized carbons (Fsp3) is 0.312. The monoisotopic (exact) mass is 305 g/mol. The van der Waals surface area contributed by atoms with E-state index in [1.165, 1.54) is 38.6 Å². The molecule has 0 bridgehead atoms. The van der Waals surface area contributed by atoms with Gasteiger partial charge in [-0.05, 0) is 20.8 Å². The molecule has 1 radical (unpaired) electrons. The Morgan fingerprint density at radius 2 is 1.24 bits per heavy atom. The second-order valence-electron chi connectivity index (χ2n) is 4.36. The topological polar surface area (TPSA) is 0 Å². The second kappa shape index (κ2) is 6.59. The van der Waals surface area contributed by atoms with Gasteiger partial charge < -0.3 is 14.9 Å². The zero-order chi connectivity index (χ0) is 10.5. The zero-order valence-electron chi connectivity index (χ0n) is 12.2. The fourth-order valence-electron chi connectivity index (χ4n) is 2.24. The molecule has 0 nitrogen and oxygen atoms in total. The Kier molecular flexibility index (Phi) is 7.39. The van der Waals surface area contributed by atoms with E-state index in [1.54, 1.807) is 0 Å². The Hall–Kier alpha value is -0.287. The molecule has 0 saturated carbocycles. The van der Waals surface area contributed by atoms with E-state index in [4.69, 9.17) is 0 Å². The Balaban J connectivity index is 0. The first-order valence-electron chi connectivity index (χ1n) is 5.15. The first-order valence-corrected chi connectivity index (χ1v) is 5.15. The van der Waals surface area contributed by atoms with Crippen molar-refractivity contribution in [2.75, 3.05) is 0 Å². The van der Waals surface area contributed by atoms with E-state index in [-0.39, 0.29) is 41.1 Å². The average Bonchev–Trinajstić information content (AvgIpc) is 2.54. The summed E-state index contributed by atoms with van der Waals surface area (Å²) in [5.41, 5.74) is 7.14. The van der Waals surface area contributed by atoms with Crippen LogP contribution in [0.1, 0.15) is 27.8 Å². The van der Waals surface area contributed by atoms with Crippen molar-refractivity contribution in [3.63, 3.8) is 0 Å².